The lowest BCUT2D eigenvalue weighted by atomic mass is 9.84. The first-order chi connectivity index (χ1) is 18.1. The van der Waals surface area contributed by atoms with Gasteiger partial charge in [0, 0.05) is 25.7 Å². The molecule has 1 heterocycles. The van der Waals surface area contributed by atoms with E-state index in [9.17, 15) is 19.6 Å². The van der Waals surface area contributed by atoms with Crippen LogP contribution in [0.1, 0.15) is 76.8 Å². The number of rotatable bonds is 11. The summed E-state index contributed by atoms with van der Waals surface area (Å²) in [6.07, 6.45) is 6.91. The van der Waals surface area contributed by atoms with Gasteiger partial charge in [0.2, 0.25) is 18.2 Å². The molecule has 208 valence electrons. The Labute approximate surface area is 226 Å². The zero-order chi connectivity index (χ0) is 27.7. The van der Waals surface area contributed by atoms with Gasteiger partial charge in [0.05, 0.1) is 24.1 Å². The van der Waals surface area contributed by atoms with Crippen LogP contribution in [0.25, 0.3) is 0 Å². The largest absolute Gasteiger partial charge is 0.344 e. The molecule has 9 nitrogen and oxygen atoms in total. The molecular weight excluding hydrogens is 482 g/mol. The van der Waals surface area contributed by atoms with Gasteiger partial charge in [-0.2, -0.15) is 5.26 Å². The highest BCUT2D eigenvalue weighted by molar-refractivity contribution is 5.89. The zero-order valence-electron chi connectivity index (χ0n) is 23.0. The van der Waals surface area contributed by atoms with Crippen LogP contribution in [0.4, 0.5) is 0 Å². The van der Waals surface area contributed by atoms with E-state index in [4.69, 9.17) is 5.26 Å². The van der Waals surface area contributed by atoms with Crippen LogP contribution in [0.5, 0.6) is 0 Å². The molecule has 3 N–H and O–H groups in total. The maximum Gasteiger partial charge on any atom is 0.245 e. The molecule has 1 saturated heterocycles. The van der Waals surface area contributed by atoms with Crippen LogP contribution in [0.15, 0.2) is 24.3 Å². The van der Waals surface area contributed by atoms with Crippen LogP contribution in [-0.4, -0.2) is 65.1 Å². The van der Waals surface area contributed by atoms with Gasteiger partial charge in [-0.1, -0.05) is 58.6 Å². The van der Waals surface area contributed by atoms with Crippen LogP contribution in [0.3, 0.4) is 0 Å². The maximum atomic E-state index is 13.6. The molecule has 0 bridgehead atoms. The standard InChI is InChI=1S/C29H43N5O4/c1-29(2,3)26(32-27(36)24(19-34(38)20-35)16-21-6-4-5-7-21)28(37)33-14-12-25(13-15-33)31-18-23-10-8-22(17-30)9-11-23/h8-11,20-21,24-26,31,38H,4-7,12-16,18-19H2,1-3H3,(H,32,36)/t24?,26-/m1/s1. The summed E-state index contributed by atoms with van der Waals surface area (Å²) < 4.78 is 0. The van der Waals surface area contributed by atoms with Crippen molar-refractivity contribution in [1.82, 2.24) is 20.6 Å². The molecule has 1 saturated carbocycles. The zero-order valence-corrected chi connectivity index (χ0v) is 23.0. The Bertz CT molecular complexity index is 970. The van der Waals surface area contributed by atoms with Crippen molar-refractivity contribution in [2.75, 3.05) is 19.6 Å². The fraction of sp³-hybridized carbons (Fsp3) is 0.655. The highest BCUT2D eigenvalue weighted by Crippen LogP contribution is 2.31. The lowest BCUT2D eigenvalue weighted by Gasteiger charge is -2.39. The molecule has 2 fully saturated rings. The fourth-order valence-corrected chi connectivity index (χ4v) is 5.54. The minimum atomic E-state index is -0.701. The Morgan fingerprint density at radius 2 is 1.79 bits per heavy atom. The van der Waals surface area contributed by atoms with Crippen molar-refractivity contribution in [3.05, 3.63) is 35.4 Å². The number of carbonyl (C=O) groups excluding carboxylic acids is 3. The van der Waals surface area contributed by atoms with Gasteiger partial charge in [-0.05, 0) is 48.3 Å². The van der Waals surface area contributed by atoms with E-state index in [0.29, 0.717) is 49.0 Å². The number of carbonyl (C=O) groups is 3. The number of amides is 3. The summed E-state index contributed by atoms with van der Waals surface area (Å²) in [6, 6.07) is 9.24. The number of nitrogens with one attached hydrogen (secondary N) is 2. The molecule has 1 aromatic rings. The predicted molar refractivity (Wildman–Crippen MR) is 144 cm³/mol. The first-order valence-electron chi connectivity index (χ1n) is 13.8. The van der Waals surface area contributed by atoms with Crippen molar-refractivity contribution >= 4 is 18.2 Å². The van der Waals surface area contributed by atoms with Gasteiger partial charge in [-0.15, -0.1) is 0 Å². The summed E-state index contributed by atoms with van der Waals surface area (Å²) >= 11 is 0. The molecule has 1 aliphatic carbocycles. The topological polar surface area (TPSA) is 126 Å². The molecule has 0 spiro atoms. The molecule has 1 unspecified atom stereocenters. The fourth-order valence-electron chi connectivity index (χ4n) is 5.54. The number of likely N-dealkylation sites (tertiary alicyclic amines) is 1. The number of piperidine rings is 1. The van der Waals surface area contributed by atoms with Gasteiger partial charge in [-0.25, -0.2) is 5.06 Å². The van der Waals surface area contributed by atoms with Crippen LogP contribution in [0, 0.1) is 28.6 Å². The van der Waals surface area contributed by atoms with Gasteiger partial charge in [0.1, 0.15) is 6.04 Å². The van der Waals surface area contributed by atoms with Gasteiger partial charge >= 0.3 is 0 Å². The number of hydrogen-bond acceptors (Lipinski definition) is 6. The third kappa shape index (κ3) is 8.53. The molecule has 0 radical (unpaired) electrons. The molecule has 9 heteroatoms. The Balaban J connectivity index is 1.57. The molecular formula is C29H43N5O4. The number of benzene rings is 1. The lowest BCUT2D eigenvalue weighted by molar-refractivity contribution is -0.156. The summed E-state index contributed by atoms with van der Waals surface area (Å²) in [5.74, 6) is -0.550. The van der Waals surface area contributed by atoms with E-state index in [-0.39, 0.29) is 24.4 Å². The molecule has 2 atom stereocenters. The van der Waals surface area contributed by atoms with E-state index in [0.717, 1.165) is 44.1 Å². The second-order valence-corrected chi connectivity index (χ2v) is 11.9. The average Bonchev–Trinajstić information content (AvgIpc) is 3.42. The van der Waals surface area contributed by atoms with Crippen LogP contribution >= 0.6 is 0 Å². The van der Waals surface area contributed by atoms with E-state index in [1.54, 1.807) is 0 Å². The van der Waals surface area contributed by atoms with Crippen molar-refractivity contribution in [1.29, 1.82) is 5.26 Å². The summed E-state index contributed by atoms with van der Waals surface area (Å²) in [4.78, 5) is 39.9. The number of nitriles is 1. The van der Waals surface area contributed by atoms with Gasteiger partial charge in [-0.3, -0.25) is 19.6 Å². The van der Waals surface area contributed by atoms with Gasteiger partial charge in [0.25, 0.3) is 0 Å². The normalized spacial score (nSPS) is 18.4. The molecule has 38 heavy (non-hydrogen) atoms. The molecule has 2 aliphatic rings. The molecule has 0 aromatic heterocycles. The van der Waals surface area contributed by atoms with Crippen LogP contribution in [-0.2, 0) is 20.9 Å². The Morgan fingerprint density at radius 3 is 2.34 bits per heavy atom. The quantitative estimate of drug-likeness (QED) is 0.231. The second kappa shape index (κ2) is 13.7. The van der Waals surface area contributed by atoms with Crippen molar-refractivity contribution in [2.24, 2.45) is 17.3 Å². The Hall–Kier alpha value is -2.96. The Kier molecular flexibility index (Phi) is 10.7. The Morgan fingerprint density at radius 1 is 1.16 bits per heavy atom. The van der Waals surface area contributed by atoms with E-state index in [1.807, 2.05) is 49.9 Å². The van der Waals surface area contributed by atoms with Crippen LogP contribution < -0.4 is 10.6 Å². The number of nitrogens with zero attached hydrogens (tertiary/aromatic N) is 3. The maximum absolute atomic E-state index is 13.6. The van der Waals surface area contributed by atoms with E-state index >= 15 is 0 Å². The van der Waals surface area contributed by atoms with Crippen molar-refractivity contribution in [2.45, 2.75) is 84.3 Å². The number of hydroxylamine groups is 2. The SMILES string of the molecule is CC(C)(C)[C@H](NC(=O)C(CC1CCCC1)CN(O)C=O)C(=O)N1CCC(NCc2ccc(C#N)cc2)CC1. The molecule has 1 aromatic carbocycles. The highest BCUT2D eigenvalue weighted by Gasteiger charge is 2.38. The summed E-state index contributed by atoms with van der Waals surface area (Å²) in [5.41, 5.74) is 1.25. The first-order valence-corrected chi connectivity index (χ1v) is 13.8. The smallest absolute Gasteiger partial charge is 0.245 e. The van der Waals surface area contributed by atoms with E-state index in [2.05, 4.69) is 16.7 Å². The third-order valence-electron chi connectivity index (χ3n) is 7.88. The van der Waals surface area contributed by atoms with Gasteiger partial charge < -0.3 is 15.5 Å². The average molecular weight is 526 g/mol. The highest BCUT2D eigenvalue weighted by atomic mass is 16.5. The van der Waals surface area contributed by atoms with Crippen LogP contribution in [0.2, 0.25) is 0 Å². The van der Waals surface area contributed by atoms with E-state index in [1.165, 1.54) is 0 Å². The van der Waals surface area contributed by atoms with Gasteiger partial charge in [0.15, 0.2) is 0 Å². The second-order valence-electron chi connectivity index (χ2n) is 11.9. The summed E-state index contributed by atoms with van der Waals surface area (Å²) in [5, 5.41) is 25.9. The van der Waals surface area contributed by atoms with E-state index < -0.39 is 17.4 Å². The first kappa shape index (κ1) is 29.6. The van der Waals surface area contributed by atoms with Crippen molar-refractivity contribution < 1.29 is 19.6 Å². The number of hydrogen-bond donors (Lipinski definition) is 3. The minimum absolute atomic E-state index is 0.0762. The lowest BCUT2D eigenvalue weighted by Crippen LogP contribution is -2.58. The third-order valence-corrected chi connectivity index (χ3v) is 7.88. The molecule has 1 aliphatic heterocycles. The molecule has 3 amide bonds. The van der Waals surface area contributed by atoms with Crippen molar-refractivity contribution in [3.63, 3.8) is 0 Å². The monoisotopic (exact) mass is 525 g/mol. The summed E-state index contributed by atoms with van der Waals surface area (Å²) in [6.45, 7) is 7.66. The van der Waals surface area contributed by atoms with Crippen molar-refractivity contribution in [3.8, 4) is 6.07 Å². The summed E-state index contributed by atoms with van der Waals surface area (Å²) in [7, 11) is 0. The minimum Gasteiger partial charge on any atom is -0.344 e. The molecule has 3 rings (SSSR count). The predicted octanol–water partition coefficient (Wildman–Crippen LogP) is 3.21.